The largest absolute Gasteiger partial charge is 0.493 e. The lowest BCUT2D eigenvalue weighted by molar-refractivity contribution is -0.122. The summed E-state index contributed by atoms with van der Waals surface area (Å²) in [5.74, 6) is 0.922. The van der Waals surface area contributed by atoms with Crippen molar-refractivity contribution < 1.29 is 32.9 Å². The number of para-hydroxylation sites is 1. The Hall–Kier alpha value is -5.05. The first-order chi connectivity index (χ1) is 20.9. The van der Waals surface area contributed by atoms with Crippen LogP contribution in [0.5, 0.6) is 23.0 Å². The molecule has 222 valence electrons. The van der Waals surface area contributed by atoms with Crippen LogP contribution >= 0.6 is 0 Å². The van der Waals surface area contributed by atoms with E-state index in [0.29, 0.717) is 59.4 Å². The Morgan fingerprint density at radius 2 is 1.60 bits per heavy atom. The van der Waals surface area contributed by atoms with Crippen LogP contribution in [-0.2, 0) is 11.2 Å². The van der Waals surface area contributed by atoms with Crippen molar-refractivity contribution in [2.45, 2.75) is 19.4 Å². The van der Waals surface area contributed by atoms with Crippen molar-refractivity contribution in [3.05, 3.63) is 113 Å². The van der Waals surface area contributed by atoms with Gasteiger partial charge in [-0.3, -0.25) is 14.5 Å². The molecule has 0 aromatic heterocycles. The summed E-state index contributed by atoms with van der Waals surface area (Å²) in [6.45, 7) is 2.94. The van der Waals surface area contributed by atoms with Gasteiger partial charge in [-0.1, -0.05) is 36.4 Å². The summed E-state index contributed by atoms with van der Waals surface area (Å²) in [6.07, 6.45) is 0.503. The van der Waals surface area contributed by atoms with Crippen LogP contribution in [0.1, 0.15) is 33.1 Å². The number of rotatable bonds is 10. The minimum absolute atomic E-state index is 0.284. The second-order valence-corrected chi connectivity index (χ2v) is 10.0. The number of benzene rings is 4. The van der Waals surface area contributed by atoms with Crippen molar-refractivity contribution in [3.8, 4) is 23.0 Å². The summed E-state index contributed by atoms with van der Waals surface area (Å²) in [6, 6.07) is 22.4. The number of hydrogen-bond donors (Lipinski definition) is 1. The summed E-state index contributed by atoms with van der Waals surface area (Å²) >= 11 is 0. The molecule has 1 unspecified atom stereocenters. The fourth-order valence-electron chi connectivity index (χ4n) is 5.04. The zero-order valence-corrected chi connectivity index (χ0v) is 24.3. The molecule has 8 nitrogen and oxygen atoms in total. The van der Waals surface area contributed by atoms with Crippen LogP contribution < -0.4 is 29.2 Å². The van der Waals surface area contributed by atoms with Gasteiger partial charge in [-0.15, -0.1) is 0 Å². The number of aryl methyl sites for hydroxylation is 1. The summed E-state index contributed by atoms with van der Waals surface area (Å²) in [7, 11) is 3.13. The average Bonchev–Trinajstić information content (AvgIpc) is 3.04. The summed E-state index contributed by atoms with van der Waals surface area (Å²) in [5.41, 5.74) is 3.04. The van der Waals surface area contributed by atoms with Gasteiger partial charge in [-0.25, -0.2) is 4.39 Å². The lowest BCUT2D eigenvalue weighted by atomic mass is 10.00. The number of carbonyl (C=O) groups excluding carboxylic acids is 2. The van der Waals surface area contributed by atoms with Crippen LogP contribution in [0.2, 0.25) is 0 Å². The topological polar surface area (TPSA) is 86.3 Å². The lowest BCUT2D eigenvalue weighted by Crippen LogP contribution is -2.44. The van der Waals surface area contributed by atoms with E-state index in [1.165, 1.54) is 29.2 Å². The quantitative estimate of drug-likeness (QED) is 0.259. The molecule has 2 amide bonds. The predicted octanol–water partition coefficient (Wildman–Crippen LogP) is 5.67. The number of anilines is 1. The van der Waals surface area contributed by atoms with Crippen LogP contribution in [0, 0.1) is 12.7 Å². The van der Waals surface area contributed by atoms with Crippen LogP contribution in [-0.4, -0.2) is 45.8 Å². The Labute approximate surface area is 249 Å². The molecule has 1 aliphatic rings. The molecule has 43 heavy (non-hydrogen) atoms. The fraction of sp³-hybridized carbons (Fsp3) is 0.235. The molecule has 0 aliphatic carbocycles. The monoisotopic (exact) mass is 584 g/mol. The van der Waals surface area contributed by atoms with Crippen LogP contribution in [0.15, 0.2) is 84.9 Å². The molecule has 4 aromatic rings. The number of amides is 2. The lowest BCUT2D eigenvalue weighted by Gasteiger charge is -2.33. The number of hydrogen-bond acceptors (Lipinski definition) is 6. The van der Waals surface area contributed by atoms with E-state index in [9.17, 15) is 14.0 Å². The molecule has 5 rings (SSSR count). The Kier molecular flexibility index (Phi) is 9.10. The van der Waals surface area contributed by atoms with Crippen LogP contribution in [0.4, 0.5) is 10.1 Å². The molecule has 1 aliphatic heterocycles. The molecule has 0 saturated heterocycles. The Morgan fingerprint density at radius 1 is 0.884 bits per heavy atom. The van der Waals surface area contributed by atoms with E-state index in [-0.39, 0.29) is 6.54 Å². The molecule has 0 spiro atoms. The second kappa shape index (κ2) is 13.3. The highest BCUT2D eigenvalue weighted by Crippen LogP contribution is 2.35. The number of nitrogens with one attached hydrogen (secondary N) is 1. The van der Waals surface area contributed by atoms with Gasteiger partial charge in [-0.05, 0) is 78.6 Å². The third-order valence-electron chi connectivity index (χ3n) is 7.24. The molecule has 0 radical (unpaired) electrons. The Morgan fingerprint density at radius 3 is 2.33 bits per heavy atom. The van der Waals surface area contributed by atoms with E-state index in [1.54, 1.807) is 38.5 Å². The van der Waals surface area contributed by atoms with E-state index in [2.05, 4.69) is 5.32 Å². The first kappa shape index (κ1) is 29.4. The van der Waals surface area contributed by atoms with Crippen molar-refractivity contribution >= 4 is 17.5 Å². The van der Waals surface area contributed by atoms with E-state index in [1.807, 2.05) is 43.3 Å². The molecular formula is C34H33FN2O6. The molecule has 1 N–H and O–H groups in total. The molecule has 4 aromatic carbocycles. The molecule has 9 heteroatoms. The van der Waals surface area contributed by atoms with E-state index < -0.39 is 23.7 Å². The van der Waals surface area contributed by atoms with Crippen molar-refractivity contribution in [2.24, 2.45) is 0 Å². The number of fused-ring (bicyclic) bond motifs is 1. The van der Waals surface area contributed by atoms with Crippen LogP contribution in [0.25, 0.3) is 0 Å². The first-order valence-electron chi connectivity index (χ1n) is 13.9. The zero-order valence-electron chi connectivity index (χ0n) is 24.3. The van der Waals surface area contributed by atoms with Gasteiger partial charge in [0.2, 0.25) is 5.91 Å². The van der Waals surface area contributed by atoms with Gasteiger partial charge < -0.3 is 24.3 Å². The molecule has 0 fully saturated rings. The second-order valence-electron chi connectivity index (χ2n) is 10.0. The maximum absolute atomic E-state index is 14.3. The maximum Gasteiger partial charge on any atom is 0.259 e. The molecule has 0 bridgehead atoms. The molecule has 1 heterocycles. The van der Waals surface area contributed by atoms with Gasteiger partial charge in [0.15, 0.2) is 23.0 Å². The smallest absolute Gasteiger partial charge is 0.259 e. The third-order valence-corrected chi connectivity index (χ3v) is 7.24. The minimum Gasteiger partial charge on any atom is -0.493 e. The summed E-state index contributed by atoms with van der Waals surface area (Å²) in [5, 5.41) is 2.99. The normalized spacial score (nSPS) is 12.7. The molecule has 1 atom stereocenters. The fourth-order valence-corrected chi connectivity index (χ4v) is 5.04. The Bertz CT molecular complexity index is 1610. The summed E-state index contributed by atoms with van der Waals surface area (Å²) in [4.78, 5) is 29.9. The van der Waals surface area contributed by atoms with Crippen molar-refractivity contribution in [3.63, 3.8) is 0 Å². The van der Waals surface area contributed by atoms with E-state index in [0.717, 1.165) is 11.1 Å². The van der Waals surface area contributed by atoms with Gasteiger partial charge in [0, 0.05) is 17.8 Å². The highest BCUT2D eigenvalue weighted by atomic mass is 19.1. The van der Waals surface area contributed by atoms with E-state index >= 15 is 0 Å². The third kappa shape index (κ3) is 6.56. The van der Waals surface area contributed by atoms with Crippen molar-refractivity contribution in [1.29, 1.82) is 0 Å². The van der Waals surface area contributed by atoms with Crippen molar-refractivity contribution in [2.75, 3.05) is 38.9 Å². The molecular weight excluding hydrogens is 551 g/mol. The number of nitrogens with zero attached hydrogens (tertiary/aromatic N) is 1. The predicted molar refractivity (Wildman–Crippen MR) is 161 cm³/mol. The van der Waals surface area contributed by atoms with Gasteiger partial charge in [0.1, 0.15) is 25.1 Å². The molecule has 0 saturated carbocycles. The number of carbonyl (C=O) groups is 2. The van der Waals surface area contributed by atoms with Gasteiger partial charge >= 0.3 is 0 Å². The highest BCUT2D eigenvalue weighted by Gasteiger charge is 2.34. The minimum atomic E-state index is -1.10. The van der Waals surface area contributed by atoms with Crippen molar-refractivity contribution in [1.82, 2.24) is 5.32 Å². The van der Waals surface area contributed by atoms with Gasteiger partial charge in [0.05, 0.1) is 14.2 Å². The standard InChI is InChI=1S/C34H33FN2O6/c1-22-6-4-5-7-27(22)37(34(39)25-11-15-29-31(21-25)43-19-18-42-29)32(24-9-12-26(35)13-10-24)33(38)36-17-16-23-8-14-28(40-2)30(20-23)41-3/h4-15,20-21,32H,16-19H2,1-3H3,(H,36,38). The maximum atomic E-state index is 14.3. The number of ether oxygens (including phenoxy) is 4. The number of methoxy groups -OCH3 is 2. The van der Waals surface area contributed by atoms with E-state index in [4.69, 9.17) is 18.9 Å². The first-order valence-corrected chi connectivity index (χ1v) is 13.9. The van der Waals surface area contributed by atoms with Crippen LogP contribution in [0.3, 0.4) is 0 Å². The number of halogens is 1. The average molecular weight is 585 g/mol. The van der Waals surface area contributed by atoms with Gasteiger partial charge in [0.25, 0.3) is 5.91 Å². The van der Waals surface area contributed by atoms with Gasteiger partial charge in [-0.2, -0.15) is 0 Å². The SMILES string of the molecule is COc1ccc(CCNC(=O)C(c2ccc(F)cc2)N(C(=O)c2ccc3c(c2)OCCO3)c2ccccc2C)cc1OC. The summed E-state index contributed by atoms with van der Waals surface area (Å²) < 4.78 is 36.1. The highest BCUT2D eigenvalue weighted by molar-refractivity contribution is 6.10. The Balaban J connectivity index is 1.50. The zero-order chi connectivity index (χ0) is 30.3.